The Labute approximate surface area is 161 Å². The molecule has 0 bridgehead atoms. The number of hydrogen-bond donors (Lipinski definition) is 3. The molecule has 0 spiro atoms. The predicted molar refractivity (Wildman–Crippen MR) is 109 cm³/mol. The monoisotopic (exact) mass is 377 g/mol. The highest BCUT2D eigenvalue weighted by Gasteiger charge is 2.25. The van der Waals surface area contributed by atoms with Crippen molar-refractivity contribution in [2.24, 2.45) is 12.0 Å². The second kappa shape index (κ2) is 6.88. The van der Waals surface area contributed by atoms with E-state index in [9.17, 15) is 14.6 Å². The van der Waals surface area contributed by atoms with Crippen LogP contribution in [0.5, 0.6) is 11.8 Å². The Hall–Kier alpha value is -3.54. The summed E-state index contributed by atoms with van der Waals surface area (Å²) in [6, 6.07) is 14.0. The number of aryl methyl sites for hydroxylation is 1. The summed E-state index contributed by atoms with van der Waals surface area (Å²) in [7, 11) is 1.58. The van der Waals surface area contributed by atoms with E-state index in [1.54, 1.807) is 25.4 Å². The van der Waals surface area contributed by atoms with Gasteiger partial charge >= 0.3 is 0 Å². The first-order chi connectivity index (χ1) is 13.5. The Morgan fingerprint density at radius 1 is 1.04 bits per heavy atom. The number of hydrogen-bond acceptors (Lipinski definition) is 3. The molecule has 3 N–H and O–H groups in total. The minimum absolute atomic E-state index is 0.0562. The van der Waals surface area contributed by atoms with Crippen LogP contribution < -0.4 is 0 Å². The Morgan fingerprint density at radius 2 is 1.75 bits per heavy atom. The van der Waals surface area contributed by atoms with Crippen molar-refractivity contribution in [3.8, 4) is 22.9 Å². The fourth-order valence-corrected chi connectivity index (χ4v) is 3.46. The molecule has 2 heterocycles. The average Bonchev–Trinajstić information content (AvgIpc) is 3.12. The number of benzene rings is 2. The summed E-state index contributed by atoms with van der Waals surface area (Å²) in [6.45, 7) is 1.92. The zero-order chi connectivity index (χ0) is 19.8. The molecule has 0 saturated carbocycles. The van der Waals surface area contributed by atoms with Crippen molar-refractivity contribution < 1.29 is 14.6 Å². The van der Waals surface area contributed by atoms with Crippen molar-refractivity contribution in [3.05, 3.63) is 65.6 Å². The number of rotatable bonds is 4. The maximum Gasteiger partial charge on any atom is 0.221 e. The number of aromatic nitrogens is 2. The molecule has 0 fully saturated rings. The van der Waals surface area contributed by atoms with Gasteiger partial charge in [0.1, 0.15) is 11.5 Å². The number of para-hydroxylation sites is 1. The van der Waals surface area contributed by atoms with Gasteiger partial charge in [0, 0.05) is 41.8 Å². The van der Waals surface area contributed by atoms with Crippen LogP contribution in [0, 0.1) is 12.7 Å². The molecule has 6 heteroatoms. The van der Waals surface area contributed by atoms with E-state index < -0.39 is 0 Å². The molecule has 0 aliphatic rings. The topological polar surface area (TPSA) is 73.5 Å². The van der Waals surface area contributed by atoms with Gasteiger partial charge in [0.2, 0.25) is 11.8 Å². The van der Waals surface area contributed by atoms with Crippen LogP contribution in [0.2, 0.25) is 0 Å². The van der Waals surface area contributed by atoms with Gasteiger partial charge in [0.15, 0.2) is 0 Å². The van der Waals surface area contributed by atoms with Crippen LogP contribution in [-0.2, 0) is 13.5 Å². The molecule has 0 aliphatic heterocycles. The number of aromatic amines is 1. The minimum Gasteiger partial charge on any atom is -0.494 e. The van der Waals surface area contributed by atoms with Crippen molar-refractivity contribution in [1.82, 2.24) is 9.55 Å². The Kier molecular flexibility index (Phi) is 4.39. The highest BCUT2D eigenvalue weighted by atomic mass is 19.1. The van der Waals surface area contributed by atoms with E-state index in [4.69, 9.17) is 0 Å². The van der Waals surface area contributed by atoms with Crippen molar-refractivity contribution in [1.29, 1.82) is 0 Å². The Bertz CT molecular complexity index is 1190. The van der Waals surface area contributed by atoms with Gasteiger partial charge in [-0.25, -0.2) is 4.39 Å². The molecule has 5 nitrogen and oxygen atoms in total. The molecule has 0 saturated heterocycles. The van der Waals surface area contributed by atoms with Gasteiger partial charge in [-0.15, -0.1) is 0 Å². The molecule has 2 aromatic heterocycles. The molecule has 0 amide bonds. The molecular formula is C22H20FN3O2. The lowest BCUT2D eigenvalue weighted by Gasteiger charge is -2.03. The van der Waals surface area contributed by atoms with Crippen molar-refractivity contribution in [3.63, 3.8) is 0 Å². The van der Waals surface area contributed by atoms with Crippen LogP contribution in [0.15, 0.2) is 53.5 Å². The van der Waals surface area contributed by atoms with Crippen molar-refractivity contribution in [2.75, 3.05) is 0 Å². The first-order valence-electron chi connectivity index (χ1n) is 8.92. The lowest BCUT2D eigenvalue weighted by molar-refractivity contribution is 0.388. The molecular weight excluding hydrogens is 357 g/mol. The first-order valence-corrected chi connectivity index (χ1v) is 8.92. The van der Waals surface area contributed by atoms with E-state index in [2.05, 4.69) is 9.98 Å². The largest absolute Gasteiger partial charge is 0.494 e. The normalized spacial score (nSPS) is 11.7. The number of aromatic hydroxyl groups is 2. The summed E-state index contributed by atoms with van der Waals surface area (Å²) in [5, 5.41) is 22.1. The molecule has 0 aliphatic carbocycles. The average molecular weight is 377 g/mol. The summed E-state index contributed by atoms with van der Waals surface area (Å²) in [4.78, 5) is 7.75. The molecule has 0 unspecified atom stereocenters. The molecule has 4 aromatic rings. The second-order valence-electron chi connectivity index (χ2n) is 6.74. The van der Waals surface area contributed by atoms with Crippen molar-refractivity contribution >= 4 is 22.8 Å². The van der Waals surface area contributed by atoms with E-state index in [0.717, 1.165) is 27.7 Å². The highest BCUT2D eigenvalue weighted by Crippen LogP contribution is 2.49. The lowest BCUT2D eigenvalue weighted by Crippen LogP contribution is -1.86. The Balaban J connectivity index is 1.80. The van der Waals surface area contributed by atoms with Crippen molar-refractivity contribution in [2.45, 2.75) is 13.3 Å². The molecule has 0 radical (unpaired) electrons. The van der Waals surface area contributed by atoms with Crippen LogP contribution >= 0.6 is 0 Å². The number of fused-ring (bicyclic) bond motifs is 1. The third kappa shape index (κ3) is 2.93. The van der Waals surface area contributed by atoms with Crippen LogP contribution in [0.25, 0.3) is 22.0 Å². The molecule has 142 valence electrons. The zero-order valence-electron chi connectivity index (χ0n) is 15.6. The van der Waals surface area contributed by atoms with Crippen LogP contribution in [0.4, 0.5) is 10.1 Å². The number of nitrogens with one attached hydrogen (secondary N) is 1. The van der Waals surface area contributed by atoms with Gasteiger partial charge in [0.25, 0.3) is 0 Å². The minimum atomic E-state index is -0.289. The summed E-state index contributed by atoms with van der Waals surface area (Å²) < 4.78 is 14.4. The Morgan fingerprint density at radius 3 is 2.50 bits per heavy atom. The summed E-state index contributed by atoms with van der Waals surface area (Å²) in [6.07, 6.45) is 2.12. The maximum absolute atomic E-state index is 13.0. The van der Waals surface area contributed by atoms with Crippen LogP contribution in [0.3, 0.4) is 0 Å². The summed E-state index contributed by atoms with van der Waals surface area (Å²) in [5.41, 5.74) is 4.30. The second-order valence-corrected chi connectivity index (χ2v) is 6.74. The molecule has 0 atom stereocenters. The van der Waals surface area contributed by atoms with E-state index in [1.807, 2.05) is 31.2 Å². The maximum atomic E-state index is 13.0. The predicted octanol–water partition coefficient (Wildman–Crippen LogP) is 4.98. The fraction of sp³-hybridized carbons (Fsp3) is 0.136. The third-order valence-electron chi connectivity index (χ3n) is 4.91. The van der Waals surface area contributed by atoms with Gasteiger partial charge in [-0.3, -0.25) is 9.56 Å². The third-order valence-corrected chi connectivity index (χ3v) is 4.91. The van der Waals surface area contributed by atoms with E-state index in [-0.39, 0.29) is 17.6 Å². The number of halogens is 1. The smallest absolute Gasteiger partial charge is 0.221 e. The highest BCUT2D eigenvalue weighted by molar-refractivity contribution is 6.03. The van der Waals surface area contributed by atoms with Gasteiger partial charge in [0.05, 0.1) is 5.56 Å². The number of H-pyrrole nitrogens is 1. The summed E-state index contributed by atoms with van der Waals surface area (Å²) >= 11 is 0. The van der Waals surface area contributed by atoms with E-state index in [0.29, 0.717) is 17.7 Å². The quantitative estimate of drug-likeness (QED) is 0.439. The molecule has 4 rings (SSSR count). The van der Waals surface area contributed by atoms with Gasteiger partial charge < -0.3 is 15.2 Å². The standard InChI is InChI=1S/C22H20FN3O2/c1-13-18(16-5-3-4-6-17(16)25-13)19-20(22(28)26(2)21(19)27)24-12-11-14-7-9-15(23)10-8-14/h3-10,12,25,27-28H,11H2,1-2H3. The fourth-order valence-electron chi connectivity index (χ4n) is 3.46. The summed E-state index contributed by atoms with van der Waals surface area (Å²) in [5.74, 6) is -0.463. The molecule has 28 heavy (non-hydrogen) atoms. The van der Waals surface area contributed by atoms with E-state index >= 15 is 0 Å². The zero-order valence-corrected chi connectivity index (χ0v) is 15.6. The lowest BCUT2D eigenvalue weighted by atomic mass is 10.0. The first kappa shape index (κ1) is 17.9. The van der Waals surface area contributed by atoms with Crippen LogP contribution in [-0.4, -0.2) is 26.0 Å². The SMILES string of the molecule is Cc1[nH]c2ccccc2c1-c1c(N=CCc2ccc(F)cc2)c(O)n(C)c1O. The van der Waals surface area contributed by atoms with E-state index in [1.165, 1.54) is 16.7 Å². The molecule has 2 aromatic carbocycles. The van der Waals surface area contributed by atoms with Gasteiger partial charge in [-0.05, 0) is 30.7 Å². The number of aliphatic imine (C=N–C) groups is 1. The van der Waals surface area contributed by atoms with Gasteiger partial charge in [-0.1, -0.05) is 30.3 Å². The van der Waals surface area contributed by atoms with Crippen LogP contribution in [0.1, 0.15) is 11.3 Å². The van der Waals surface area contributed by atoms with Gasteiger partial charge in [-0.2, -0.15) is 0 Å². The number of nitrogens with zero attached hydrogens (tertiary/aromatic N) is 2.